The van der Waals surface area contributed by atoms with Crippen molar-refractivity contribution in [2.24, 2.45) is 4.99 Å². The summed E-state index contributed by atoms with van der Waals surface area (Å²) in [6.07, 6.45) is 11.6. The Labute approximate surface area is 127 Å². The zero-order chi connectivity index (χ0) is 14.1. The molecule has 1 spiro atoms. The molecule has 1 heterocycles. The molecule has 0 saturated heterocycles. The minimum Gasteiger partial charge on any atom is -0.371 e. The molecule has 0 bridgehead atoms. The quantitative estimate of drug-likeness (QED) is 0.792. The lowest BCUT2D eigenvalue weighted by atomic mass is 9.90. The average molecular weight is 283 g/mol. The lowest BCUT2D eigenvalue weighted by Crippen LogP contribution is -2.51. The van der Waals surface area contributed by atoms with Crippen LogP contribution in [-0.2, 0) is 0 Å². The summed E-state index contributed by atoms with van der Waals surface area (Å²) in [5, 5.41) is 7.48. The second-order valence-electron chi connectivity index (χ2n) is 6.85. The number of nitrogens with zero attached hydrogens (tertiary/aromatic N) is 1. The first-order chi connectivity index (χ1) is 10.4. The van der Waals surface area contributed by atoms with E-state index in [-0.39, 0.29) is 5.54 Å². The van der Waals surface area contributed by atoms with Crippen LogP contribution >= 0.6 is 0 Å². The van der Waals surface area contributed by atoms with Gasteiger partial charge >= 0.3 is 0 Å². The highest BCUT2D eigenvalue weighted by Gasteiger charge is 2.42. The summed E-state index contributed by atoms with van der Waals surface area (Å²) in [7, 11) is 0. The summed E-state index contributed by atoms with van der Waals surface area (Å²) in [5.41, 5.74) is 2.50. The van der Waals surface area contributed by atoms with Gasteiger partial charge in [-0.15, -0.1) is 0 Å². The lowest BCUT2D eigenvalue weighted by molar-refractivity contribution is 0.440. The normalized spacial score (nSPS) is 26.4. The molecule has 1 aromatic rings. The van der Waals surface area contributed by atoms with E-state index in [1.807, 2.05) is 0 Å². The summed E-state index contributed by atoms with van der Waals surface area (Å²) in [6, 6.07) is 9.07. The third-order valence-corrected chi connectivity index (χ3v) is 5.35. The van der Waals surface area contributed by atoms with Crippen molar-refractivity contribution in [3.63, 3.8) is 0 Å². The number of aliphatic imine (C=N–C) groups is 1. The summed E-state index contributed by atoms with van der Waals surface area (Å²) in [6.45, 7) is 0. The molecule has 0 amide bonds. The highest BCUT2D eigenvalue weighted by molar-refractivity contribution is 6.09. The van der Waals surface area contributed by atoms with Crippen molar-refractivity contribution in [2.45, 2.75) is 69.4 Å². The predicted molar refractivity (Wildman–Crippen MR) is 89.2 cm³/mol. The van der Waals surface area contributed by atoms with E-state index in [1.54, 1.807) is 0 Å². The zero-order valence-corrected chi connectivity index (χ0v) is 12.7. The molecule has 3 nitrogen and oxygen atoms in total. The van der Waals surface area contributed by atoms with Gasteiger partial charge in [0.1, 0.15) is 5.84 Å². The highest BCUT2D eigenvalue weighted by atomic mass is 15.2. The van der Waals surface area contributed by atoms with Crippen LogP contribution < -0.4 is 10.6 Å². The molecule has 0 unspecified atom stereocenters. The van der Waals surface area contributed by atoms with E-state index in [1.165, 1.54) is 75.0 Å². The van der Waals surface area contributed by atoms with Crippen LogP contribution in [0.4, 0.5) is 11.4 Å². The maximum absolute atomic E-state index is 5.17. The van der Waals surface area contributed by atoms with E-state index >= 15 is 0 Å². The number of fused-ring (bicyclic) bond motifs is 1. The molecule has 2 N–H and O–H groups in total. The first-order valence-corrected chi connectivity index (χ1v) is 8.58. The summed E-state index contributed by atoms with van der Waals surface area (Å²) in [5.74, 6) is 1.21. The number of hydrogen-bond donors (Lipinski definition) is 2. The standard InChI is InChI=1S/C18H25N3/c1-2-8-14(9-3-1)19-17-18(12-6-7-13-18)21-16-11-5-4-10-15(16)20-17/h4-5,10-11,14,21H,1-3,6-9,12-13H2,(H,19,20). The molecule has 4 rings (SSSR count). The number of anilines is 2. The summed E-state index contributed by atoms with van der Waals surface area (Å²) in [4.78, 5) is 5.17. The number of hydrogen-bond acceptors (Lipinski definition) is 2. The number of benzene rings is 1. The summed E-state index contributed by atoms with van der Waals surface area (Å²) < 4.78 is 0. The van der Waals surface area contributed by atoms with Crippen molar-refractivity contribution in [1.29, 1.82) is 0 Å². The van der Waals surface area contributed by atoms with Crippen LogP contribution in [0.25, 0.3) is 0 Å². The van der Waals surface area contributed by atoms with Crippen LogP contribution in [0.1, 0.15) is 57.8 Å². The van der Waals surface area contributed by atoms with Gasteiger partial charge in [-0.3, -0.25) is 4.99 Å². The van der Waals surface area contributed by atoms with Gasteiger partial charge in [-0.25, -0.2) is 0 Å². The predicted octanol–water partition coefficient (Wildman–Crippen LogP) is 4.57. The van der Waals surface area contributed by atoms with Crippen LogP contribution in [0.15, 0.2) is 29.3 Å². The topological polar surface area (TPSA) is 36.4 Å². The maximum atomic E-state index is 5.17. The van der Waals surface area contributed by atoms with Crippen LogP contribution in [0.3, 0.4) is 0 Å². The summed E-state index contributed by atoms with van der Waals surface area (Å²) >= 11 is 0. The monoisotopic (exact) mass is 283 g/mol. The van der Waals surface area contributed by atoms with E-state index in [9.17, 15) is 0 Å². The van der Waals surface area contributed by atoms with Gasteiger partial charge in [0.05, 0.1) is 23.0 Å². The molecule has 1 aromatic carbocycles. The van der Waals surface area contributed by atoms with Crippen LogP contribution in [0.5, 0.6) is 0 Å². The second kappa shape index (κ2) is 5.36. The Morgan fingerprint density at radius 3 is 2.38 bits per heavy atom. The third kappa shape index (κ3) is 2.43. The van der Waals surface area contributed by atoms with Crippen molar-refractivity contribution in [1.82, 2.24) is 0 Å². The van der Waals surface area contributed by atoms with Crippen molar-refractivity contribution < 1.29 is 0 Å². The van der Waals surface area contributed by atoms with Gasteiger partial charge < -0.3 is 10.6 Å². The fourth-order valence-corrected chi connectivity index (χ4v) is 4.15. The number of rotatable bonds is 1. The fraction of sp³-hybridized carbons (Fsp3) is 0.611. The first-order valence-electron chi connectivity index (χ1n) is 8.58. The Bertz CT molecular complexity index is 537. The SMILES string of the molecule is c1ccc2c(c1)NC(=NC1CCCCC1)C1(CCCC1)N2. The van der Waals surface area contributed by atoms with Crippen molar-refractivity contribution >= 4 is 17.2 Å². The number of nitrogens with one attached hydrogen (secondary N) is 2. The molecule has 112 valence electrons. The molecule has 3 aliphatic rings. The van der Waals surface area contributed by atoms with Crippen LogP contribution in [0, 0.1) is 0 Å². The molecular formula is C18H25N3. The lowest BCUT2D eigenvalue weighted by Gasteiger charge is -2.39. The second-order valence-corrected chi connectivity index (χ2v) is 6.85. The molecule has 0 aromatic heterocycles. The fourth-order valence-electron chi connectivity index (χ4n) is 4.15. The molecule has 3 heteroatoms. The first kappa shape index (κ1) is 13.2. The molecule has 0 atom stereocenters. The van der Waals surface area contributed by atoms with E-state index in [2.05, 4.69) is 34.9 Å². The van der Waals surface area contributed by atoms with Crippen molar-refractivity contribution in [3.8, 4) is 0 Å². The molecular weight excluding hydrogens is 258 g/mol. The maximum Gasteiger partial charge on any atom is 0.127 e. The van der Waals surface area contributed by atoms with E-state index < -0.39 is 0 Å². The molecule has 2 saturated carbocycles. The molecule has 1 aliphatic heterocycles. The average Bonchev–Trinajstić information content (AvgIpc) is 2.98. The van der Waals surface area contributed by atoms with Gasteiger partial charge in [0.2, 0.25) is 0 Å². The minimum absolute atomic E-state index is 0.0752. The van der Waals surface area contributed by atoms with Gasteiger partial charge in [-0.05, 0) is 37.8 Å². The molecule has 2 aliphatic carbocycles. The molecule has 0 radical (unpaired) electrons. The Hall–Kier alpha value is -1.51. The van der Waals surface area contributed by atoms with Crippen molar-refractivity contribution in [3.05, 3.63) is 24.3 Å². The van der Waals surface area contributed by atoms with Gasteiger partial charge in [0, 0.05) is 0 Å². The Balaban J connectivity index is 1.68. The van der Waals surface area contributed by atoms with Crippen molar-refractivity contribution in [2.75, 3.05) is 10.6 Å². The largest absolute Gasteiger partial charge is 0.371 e. The third-order valence-electron chi connectivity index (χ3n) is 5.35. The smallest absolute Gasteiger partial charge is 0.127 e. The minimum atomic E-state index is 0.0752. The van der Waals surface area contributed by atoms with Gasteiger partial charge in [-0.1, -0.05) is 44.2 Å². The van der Waals surface area contributed by atoms with Gasteiger partial charge in [-0.2, -0.15) is 0 Å². The van der Waals surface area contributed by atoms with Gasteiger partial charge in [0.25, 0.3) is 0 Å². The highest BCUT2D eigenvalue weighted by Crippen LogP contribution is 2.41. The zero-order valence-electron chi connectivity index (χ0n) is 12.7. The Morgan fingerprint density at radius 1 is 0.905 bits per heavy atom. The Kier molecular flexibility index (Phi) is 3.36. The van der Waals surface area contributed by atoms with Crippen LogP contribution in [-0.4, -0.2) is 17.4 Å². The van der Waals surface area contributed by atoms with Crippen LogP contribution in [0.2, 0.25) is 0 Å². The number of para-hydroxylation sites is 2. The van der Waals surface area contributed by atoms with Gasteiger partial charge in [0.15, 0.2) is 0 Å². The Morgan fingerprint density at radius 2 is 1.62 bits per heavy atom. The van der Waals surface area contributed by atoms with E-state index in [0.717, 1.165) is 0 Å². The molecule has 21 heavy (non-hydrogen) atoms. The number of amidine groups is 1. The van der Waals surface area contributed by atoms with E-state index in [4.69, 9.17) is 4.99 Å². The van der Waals surface area contributed by atoms with E-state index in [0.29, 0.717) is 6.04 Å². The molecule has 2 fully saturated rings.